The average molecular weight is 573 g/mol. The zero-order valence-electron chi connectivity index (χ0n) is 21.5. The summed E-state index contributed by atoms with van der Waals surface area (Å²) in [6.07, 6.45) is 1.79. The Morgan fingerprint density at radius 3 is 2.83 bits per heavy atom. The van der Waals surface area contributed by atoms with Crippen LogP contribution in [0.15, 0.2) is 71.4 Å². The molecule has 8 nitrogen and oxygen atoms in total. The number of aliphatic carboxylic acids is 1. The van der Waals surface area contributed by atoms with E-state index < -0.39 is 12.1 Å². The van der Waals surface area contributed by atoms with Crippen molar-refractivity contribution in [2.45, 2.75) is 38.3 Å². The van der Waals surface area contributed by atoms with Crippen LogP contribution in [-0.4, -0.2) is 32.0 Å². The van der Waals surface area contributed by atoms with Gasteiger partial charge in [0.2, 0.25) is 6.10 Å². The molecule has 1 amide bonds. The molecule has 2 atom stereocenters. The van der Waals surface area contributed by atoms with E-state index in [2.05, 4.69) is 27.8 Å². The van der Waals surface area contributed by atoms with Gasteiger partial charge in [0.25, 0.3) is 5.91 Å². The molecule has 2 aromatic heterocycles. The summed E-state index contributed by atoms with van der Waals surface area (Å²) in [6.45, 7) is 1.85. The minimum Gasteiger partial charge on any atom is -0.478 e. The Labute approximate surface area is 239 Å². The Bertz CT molecular complexity index is 1730. The highest BCUT2D eigenvalue weighted by molar-refractivity contribution is 7.08. The Kier molecular flexibility index (Phi) is 7.00. The summed E-state index contributed by atoms with van der Waals surface area (Å²) in [5, 5.41) is 25.5. The number of aromatic nitrogens is 3. The molecule has 0 fully saturated rings. The third-order valence-corrected chi connectivity index (χ3v) is 8.28. The van der Waals surface area contributed by atoms with Crippen LogP contribution in [0.3, 0.4) is 0 Å². The highest BCUT2D eigenvalue weighted by Crippen LogP contribution is 2.33. The van der Waals surface area contributed by atoms with Crippen molar-refractivity contribution in [3.63, 3.8) is 0 Å². The molecular formula is C30H25ClN4O4S. The zero-order chi connectivity index (χ0) is 27.8. The van der Waals surface area contributed by atoms with E-state index in [4.69, 9.17) is 16.3 Å². The fourth-order valence-electron chi connectivity index (χ4n) is 5.23. The normalized spacial score (nSPS) is 15.4. The monoisotopic (exact) mass is 572 g/mol. The van der Waals surface area contributed by atoms with Gasteiger partial charge in [-0.25, -0.2) is 9.48 Å². The molecule has 1 aliphatic rings. The van der Waals surface area contributed by atoms with Crippen LogP contribution in [0.5, 0.6) is 5.75 Å². The number of aryl methyl sites for hydroxylation is 2. The van der Waals surface area contributed by atoms with Gasteiger partial charge in [-0.2, -0.15) is 11.3 Å². The van der Waals surface area contributed by atoms with E-state index in [1.807, 2.05) is 19.1 Å². The standard InChI is InChI=1S/C30H25ClN4O4S/c1-17-21(29(36)32-24-8-4-6-18-5-2-3-7-22(18)24)10-12-25-27(17)33-34-35(25)26-15-20(9-11-23(26)31)39-28(30(37)38)19-13-14-40-16-19/h2-3,5,7,9-16,24,28H,4,6,8H2,1H3,(H,32,36)(H,37,38). The van der Waals surface area contributed by atoms with Gasteiger partial charge in [-0.3, -0.25) is 4.79 Å². The summed E-state index contributed by atoms with van der Waals surface area (Å²) in [6, 6.07) is 18.4. The van der Waals surface area contributed by atoms with Crippen molar-refractivity contribution in [2.75, 3.05) is 0 Å². The van der Waals surface area contributed by atoms with Crippen molar-refractivity contribution in [1.82, 2.24) is 20.3 Å². The maximum absolute atomic E-state index is 13.4. The van der Waals surface area contributed by atoms with Crippen LogP contribution >= 0.6 is 22.9 Å². The van der Waals surface area contributed by atoms with Gasteiger partial charge in [0.05, 0.1) is 22.3 Å². The van der Waals surface area contributed by atoms with Crippen LogP contribution in [-0.2, 0) is 11.2 Å². The highest BCUT2D eigenvalue weighted by Gasteiger charge is 2.25. The minimum atomic E-state index is -1.16. The molecule has 5 aromatic rings. The quantitative estimate of drug-likeness (QED) is 0.232. The number of carbonyl (C=O) groups is 2. The number of hydrogen-bond acceptors (Lipinski definition) is 6. The molecule has 202 valence electrons. The maximum Gasteiger partial charge on any atom is 0.349 e. The van der Waals surface area contributed by atoms with Crippen molar-refractivity contribution < 1.29 is 19.4 Å². The van der Waals surface area contributed by atoms with Crippen LogP contribution < -0.4 is 10.1 Å². The molecule has 0 saturated heterocycles. The van der Waals surface area contributed by atoms with Gasteiger partial charge >= 0.3 is 5.97 Å². The lowest BCUT2D eigenvalue weighted by Crippen LogP contribution is -2.31. The second-order valence-corrected chi connectivity index (χ2v) is 10.9. The van der Waals surface area contributed by atoms with Crippen molar-refractivity contribution in [3.8, 4) is 11.4 Å². The first kappa shape index (κ1) is 26.0. The van der Waals surface area contributed by atoms with Gasteiger partial charge in [0, 0.05) is 17.2 Å². The van der Waals surface area contributed by atoms with Crippen LogP contribution in [0.25, 0.3) is 16.7 Å². The first-order chi connectivity index (χ1) is 19.4. The van der Waals surface area contributed by atoms with Crippen LogP contribution in [0.2, 0.25) is 5.02 Å². The van der Waals surface area contributed by atoms with E-state index in [1.165, 1.54) is 22.5 Å². The SMILES string of the molecule is Cc1c(C(=O)NC2CCCc3ccccc32)ccc2c1nnn2-c1cc(OC(C(=O)O)c2ccsc2)ccc1Cl. The Hall–Kier alpha value is -4.21. The average Bonchev–Trinajstić information content (AvgIpc) is 3.64. The predicted octanol–water partition coefficient (Wildman–Crippen LogP) is 6.46. The first-order valence-corrected chi connectivity index (χ1v) is 14.2. The topological polar surface area (TPSA) is 106 Å². The van der Waals surface area contributed by atoms with E-state index in [0.717, 1.165) is 19.3 Å². The number of halogens is 1. The predicted molar refractivity (Wildman–Crippen MR) is 154 cm³/mol. The fourth-order valence-corrected chi connectivity index (χ4v) is 6.10. The lowest BCUT2D eigenvalue weighted by molar-refractivity contribution is -0.145. The number of benzene rings is 3. The molecule has 0 bridgehead atoms. The summed E-state index contributed by atoms with van der Waals surface area (Å²) in [4.78, 5) is 25.2. The third kappa shape index (κ3) is 4.82. The molecule has 0 aliphatic heterocycles. The van der Waals surface area contributed by atoms with Gasteiger partial charge in [0.15, 0.2) is 0 Å². The molecule has 2 N–H and O–H groups in total. The van der Waals surface area contributed by atoms with E-state index in [1.54, 1.807) is 51.8 Å². The molecule has 2 heterocycles. The molecule has 0 radical (unpaired) electrons. The summed E-state index contributed by atoms with van der Waals surface area (Å²) in [5.74, 6) is -0.932. The number of amides is 1. The smallest absolute Gasteiger partial charge is 0.349 e. The number of carbonyl (C=O) groups excluding carboxylic acids is 1. The number of ether oxygens (including phenoxy) is 1. The molecule has 6 rings (SSSR count). The molecular weight excluding hydrogens is 548 g/mol. The molecule has 0 spiro atoms. The lowest BCUT2D eigenvalue weighted by atomic mass is 9.87. The second kappa shape index (κ2) is 10.7. The van der Waals surface area contributed by atoms with Gasteiger partial charge in [-0.15, -0.1) is 5.10 Å². The summed E-state index contributed by atoms with van der Waals surface area (Å²) in [7, 11) is 0. The van der Waals surface area contributed by atoms with Gasteiger partial charge < -0.3 is 15.2 Å². The van der Waals surface area contributed by atoms with E-state index in [-0.39, 0.29) is 11.9 Å². The minimum absolute atomic E-state index is 0.0338. The molecule has 3 aromatic carbocycles. The number of carboxylic acid groups (broad SMARTS) is 1. The summed E-state index contributed by atoms with van der Waals surface area (Å²) in [5.41, 5.74) is 5.95. The number of fused-ring (bicyclic) bond motifs is 2. The van der Waals surface area contributed by atoms with Crippen LogP contribution in [0.4, 0.5) is 0 Å². The van der Waals surface area contributed by atoms with E-state index in [9.17, 15) is 14.7 Å². The summed E-state index contributed by atoms with van der Waals surface area (Å²) >= 11 is 7.93. The number of rotatable bonds is 7. The molecule has 2 unspecified atom stereocenters. The van der Waals surface area contributed by atoms with Crippen LogP contribution in [0, 0.1) is 6.92 Å². The largest absolute Gasteiger partial charge is 0.478 e. The van der Waals surface area contributed by atoms with Crippen LogP contribution in [0.1, 0.15) is 57.6 Å². The molecule has 0 saturated carbocycles. The number of nitrogens with zero attached hydrogens (tertiary/aromatic N) is 3. The van der Waals surface area contributed by atoms with Crippen molar-refractivity contribution in [1.29, 1.82) is 0 Å². The maximum atomic E-state index is 13.4. The first-order valence-electron chi connectivity index (χ1n) is 12.9. The van der Waals surface area contributed by atoms with Crippen molar-refractivity contribution in [3.05, 3.63) is 104 Å². The number of thiophene rings is 1. The number of hydrogen-bond donors (Lipinski definition) is 2. The van der Waals surface area contributed by atoms with Crippen molar-refractivity contribution in [2.24, 2.45) is 0 Å². The van der Waals surface area contributed by atoms with Gasteiger partial charge in [0.1, 0.15) is 11.3 Å². The molecule has 40 heavy (non-hydrogen) atoms. The molecule has 10 heteroatoms. The Balaban J connectivity index is 1.29. The van der Waals surface area contributed by atoms with E-state index in [0.29, 0.717) is 44.2 Å². The Morgan fingerprint density at radius 2 is 2.02 bits per heavy atom. The lowest BCUT2D eigenvalue weighted by Gasteiger charge is -2.26. The molecule has 1 aliphatic carbocycles. The van der Waals surface area contributed by atoms with Gasteiger partial charge in [-0.05, 0) is 84.0 Å². The van der Waals surface area contributed by atoms with E-state index >= 15 is 0 Å². The zero-order valence-corrected chi connectivity index (χ0v) is 23.1. The number of carboxylic acids is 1. The van der Waals surface area contributed by atoms with Gasteiger partial charge in [-0.1, -0.05) is 41.1 Å². The third-order valence-electron chi connectivity index (χ3n) is 7.26. The number of nitrogens with one attached hydrogen (secondary N) is 1. The summed E-state index contributed by atoms with van der Waals surface area (Å²) < 4.78 is 7.40. The second-order valence-electron chi connectivity index (χ2n) is 9.73. The Morgan fingerprint density at radius 1 is 1.18 bits per heavy atom. The fraction of sp³-hybridized carbons (Fsp3) is 0.200. The highest BCUT2D eigenvalue weighted by atomic mass is 35.5. The van der Waals surface area contributed by atoms with Crippen molar-refractivity contribution >= 4 is 45.8 Å².